The lowest BCUT2D eigenvalue weighted by atomic mass is 10.0. The minimum Gasteiger partial charge on any atom is -0.343 e. The van der Waals surface area contributed by atoms with Crippen LogP contribution in [0.3, 0.4) is 0 Å². The number of rotatable bonds is 8. The first-order valence-electron chi connectivity index (χ1n) is 10.4. The predicted octanol–water partition coefficient (Wildman–Crippen LogP) is 0.332. The maximum Gasteiger partial charge on any atom is 0.276 e. The molecule has 1 aromatic heterocycles. The summed E-state index contributed by atoms with van der Waals surface area (Å²) in [6.07, 6.45) is 1.55. The van der Waals surface area contributed by atoms with Gasteiger partial charge in [0.1, 0.15) is 17.4 Å². The molecule has 0 saturated carbocycles. The molecular weight excluding hydrogens is 462 g/mol. The Morgan fingerprint density at radius 1 is 1.26 bits per heavy atom. The number of aromatic nitrogens is 2. The van der Waals surface area contributed by atoms with Crippen LogP contribution in [0, 0.1) is 0 Å². The molecule has 3 N–H and O–H groups in total. The summed E-state index contributed by atoms with van der Waals surface area (Å²) in [4.78, 5) is 43.4. The standard InChI is InChI=1S/C21H27N7O5S/c1-6-13(12-10-8-7-9-11-12)22-15-16(20(30)24-19(15)29)23-18-14(26-34(5,32)33)17(25-28(18)4)21(31)27(2)3/h7-11,13,15,22,26H,6H2,1-5H3,(H,24,29,30). The first-order valence-corrected chi connectivity index (χ1v) is 12.3. The van der Waals surface area contributed by atoms with E-state index in [1.807, 2.05) is 37.3 Å². The van der Waals surface area contributed by atoms with Crippen LogP contribution in [0.1, 0.15) is 35.4 Å². The average molecular weight is 490 g/mol. The van der Waals surface area contributed by atoms with Crippen LogP contribution in [-0.4, -0.2) is 72.9 Å². The van der Waals surface area contributed by atoms with Gasteiger partial charge in [-0.05, 0) is 12.0 Å². The smallest absolute Gasteiger partial charge is 0.276 e. The molecular formula is C21H27N7O5S. The van der Waals surface area contributed by atoms with Crippen LogP contribution in [0.25, 0.3) is 0 Å². The number of hydrogen-bond donors (Lipinski definition) is 3. The highest BCUT2D eigenvalue weighted by Crippen LogP contribution is 2.31. The third-order valence-electron chi connectivity index (χ3n) is 5.12. The molecule has 12 nitrogen and oxygen atoms in total. The normalized spacial score (nSPS) is 18.1. The van der Waals surface area contributed by atoms with E-state index in [0.717, 1.165) is 11.8 Å². The number of nitrogens with zero attached hydrogens (tertiary/aromatic N) is 4. The molecule has 34 heavy (non-hydrogen) atoms. The first kappa shape index (κ1) is 25.1. The van der Waals surface area contributed by atoms with Crippen molar-refractivity contribution >= 4 is 45.0 Å². The van der Waals surface area contributed by atoms with Crippen molar-refractivity contribution in [2.24, 2.45) is 12.0 Å². The van der Waals surface area contributed by atoms with Crippen LogP contribution in [0.4, 0.5) is 11.5 Å². The monoisotopic (exact) mass is 489 g/mol. The number of sulfonamides is 1. The summed E-state index contributed by atoms with van der Waals surface area (Å²) < 4.78 is 27.4. The predicted molar refractivity (Wildman–Crippen MR) is 126 cm³/mol. The van der Waals surface area contributed by atoms with Crippen LogP contribution in [0.5, 0.6) is 0 Å². The van der Waals surface area contributed by atoms with Gasteiger partial charge < -0.3 is 4.90 Å². The molecule has 1 saturated heterocycles. The van der Waals surface area contributed by atoms with Gasteiger partial charge in [-0.25, -0.2) is 18.1 Å². The highest BCUT2D eigenvalue weighted by molar-refractivity contribution is 7.92. The lowest BCUT2D eigenvalue weighted by molar-refractivity contribution is -0.124. The van der Waals surface area contributed by atoms with Gasteiger partial charge in [-0.1, -0.05) is 37.3 Å². The van der Waals surface area contributed by atoms with E-state index in [-0.39, 0.29) is 29.0 Å². The second-order valence-corrected chi connectivity index (χ2v) is 9.78. The first-order chi connectivity index (χ1) is 15.9. The van der Waals surface area contributed by atoms with Gasteiger partial charge in [-0.15, -0.1) is 0 Å². The lowest BCUT2D eigenvalue weighted by Gasteiger charge is -2.20. The third-order valence-corrected chi connectivity index (χ3v) is 5.70. The van der Waals surface area contributed by atoms with E-state index in [9.17, 15) is 22.8 Å². The topological polar surface area (TPSA) is 155 Å². The number of imide groups is 1. The van der Waals surface area contributed by atoms with Crippen LogP contribution in [0.15, 0.2) is 35.3 Å². The molecule has 2 unspecified atom stereocenters. The second-order valence-electron chi connectivity index (χ2n) is 8.03. The van der Waals surface area contributed by atoms with Crippen molar-refractivity contribution in [1.82, 2.24) is 25.3 Å². The Hall–Kier alpha value is -3.58. The van der Waals surface area contributed by atoms with E-state index in [4.69, 9.17) is 0 Å². The molecule has 2 atom stereocenters. The van der Waals surface area contributed by atoms with Gasteiger partial charge in [-0.2, -0.15) is 5.10 Å². The molecule has 1 aromatic carbocycles. The number of anilines is 1. The van der Waals surface area contributed by atoms with Crippen LogP contribution in [0.2, 0.25) is 0 Å². The van der Waals surface area contributed by atoms with Crippen LogP contribution < -0.4 is 15.4 Å². The van der Waals surface area contributed by atoms with E-state index >= 15 is 0 Å². The fraction of sp³-hybridized carbons (Fsp3) is 0.381. The second kappa shape index (κ2) is 9.73. The SMILES string of the molecule is CCC(NC1C(=O)NC(=O)C1=Nc1c(NS(C)(=O)=O)c(C(=O)N(C)C)nn1C)c1ccccc1. The lowest BCUT2D eigenvalue weighted by Crippen LogP contribution is -2.42. The van der Waals surface area contributed by atoms with Crippen molar-refractivity contribution in [3.8, 4) is 0 Å². The molecule has 1 fully saturated rings. The molecule has 2 heterocycles. The Balaban J connectivity index is 2.09. The van der Waals surface area contributed by atoms with E-state index < -0.39 is 33.8 Å². The van der Waals surface area contributed by atoms with Crippen molar-refractivity contribution in [2.75, 3.05) is 25.1 Å². The number of amides is 3. The van der Waals surface area contributed by atoms with Crippen molar-refractivity contribution in [3.63, 3.8) is 0 Å². The zero-order chi connectivity index (χ0) is 25.2. The molecule has 0 aliphatic carbocycles. The van der Waals surface area contributed by atoms with Crippen molar-refractivity contribution in [1.29, 1.82) is 0 Å². The minimum absolute atomic E-state index is 0.0879. The van der Waals surface area contributed by atoms with Gasteiger partial charge >= 0.3 is 0 Å². The summed E-state index contributed by atoms with van der Waals surface area (Å²) in [6, 6.07) is 8.08. The molecule has 3 rings (SSSR count). The summed E-state index contributed by atoms with van der Waals surface area (Å²) in [5.74, 6) is -1.96. The largest absolute Gasteiger partial charge is 0.343 e. The highest BCUT2D eigenvalue weighted by atomic mass is 32.2. The summed E-state index contributed by atoms with van der Waals surface area (Å²) >= 11 is 0. The van der Waals surface area contributed by atoms with Gasteiger partial charge in [0, 0.05) is 27.2 Å². The summed E-state index contributed by atoms with van der Waals surface area (Å²) in [7, 11) is 0.609. The van der Waals surface area contributed by atoms with Gasteiger partial charge in [-0.3, -0.25) is 29.7 Å². The van der Waals surface area contributed by atoms with Gasteiger partial charge in [0.2, 0.25) is 15.9 Å². The van der Waals surface area contributed by atoms with Crippen molar-refractivity contribution < 1.29 is 22.8 Å². The fourth-order valence-electron chi connectivity index (χ4n) is 3.51. The molecule has 1 aliphatic rings. The van der Waals surface area contributed by atoms with E-state index in [2.05, 4.69) is 25.4 Å². The van der Waals surface area contributed by atoms with Gasteiger partial charge in [0.05, 0.1) is 6.26 Å². The molecule has 13 heteroatoms. The number of nitrogens with one attached hydrogen (secondary N) is 3. The Bertz CT molecular complexity index is 1250. The van der Waals surface area contributed by atoms with Crippen LogP contribution >= 0.6 is 0 Å². The molecule has 2 aromatic rings. The van der Waals surface area contributed by atoms with Gasteiger partial charge in [0.15, 0.2) is 11.5 Å². The number of carbonyl (C=O) groups excluding carboxylic acids is 3. The Morgan fingerprint density at radius 2 is 1.91 bits per heavy atom. The van der Waals surface area contributed by atoms with Crippen LogP contribution in [-0.2, 0) is 26.7 Å². The Kier molecular flexibility index (Phi) is 7.17. The zero-order valence-corrected chi connectivity index (χ0v) is 20.3. The Morgan fingerprint density at radius 3 is 2.47 bits per heavy atom. The molecule has 1 aliphatic heterocycles. The highest BCUT2D eigenvalue weighted by Gasteiger charge is 2.40. The van der Waals surface area contributed by atoms with E-state index in [1.165, 1.54) is 30.7 Å². The molecule has 3 amide bonds. The van der Waals surface area contributed by atoms with Crippen molar-refractivity contribution in [2.45, 2.75) is 25.4 Å². The van der Waals surface area contributed by atoms with E-state index in [0.29, 0.717) is 6.42 Å². The third kappa shape index (κ3) is 5.31. The number of aryl methyl sites for hydroxylation is 1. The number of benzene rings is 1. The zero-order valence-electron chi connectivity index (χ0n) is 19.5. The van der Waals surface area contributed by atoms with Gasteiger partial charge in [0.25, 0.3) is 11.8 Å². The molecule has 0 spiro atoms. The number of aliphatic imine (C=N–C) groups is 1. The van der Waals surface area contributed by atoms with E-state index in [1.54, 1.807) is 0 Å². The molecule has 182 valence electrons. The summed E-state index contributed by atoms with van der Waals surface area (Å²) in [6.45, 7) is 1.94. The molecule has 0 bridgehead atoms. The number of carbonyl (C=O) groups is 3. The maximum absolute atomic E-state index is 12.6. The minimum atomic E-state index is -3.82. The Labute approximate surface area is 197 Å². The molecule has 0 radical (unpaired) electrons. The average Bonchev–Trinajstić information content (AvgIpc) is 3.20. The maximum atomic E-state index is 12.6. The van der Waals surface area contributed by atoms with Crippen molar-refractivity contribution in [3.05, 3.63) is 41.6 Å². The quantitative estimate of drug-likeness (QED) is 0.451. The number of hydrogen-bond acceptors (Lipinski definition) is 8. The fourth-order valence-corrected chi connectivity index (χ4v) is 4.07. The summed E-state index contributed by atoms with van der Waals surface area (Å²) in [5, 5.41) is 9.50. The summed E-state index contributed by atoms with van der Waals surface area (Å²) in [5.41, 5.74) is 0.387.